The molecular weight excluding hydrogens is 242 g/mol. The zero-order valence-corrected chi connectivity index (χ0v) is 12.1. The highest BCUT2D eigenvalue weighted by atomic mass is 16.5. The van der Waals surface area contributed by atoms with Gasteiger partial charge in [-0.15, -0.1) is 0 Å². The number of rotatable bonds is 7. The highest BCUT2D eigenvalue weighted by Gasteiger charge is 2.08. The van der Waals surface area contributed by atoms with Crippen LogP contribution in [0.25, 0.3) is 0 Å². The number of anilines is 1. The molecule has 0 unspecified atom stereocenters. The Kier molecular flexibility index (Phi) is 6.32. The van der Waals surface area contributed by atoms with Crippen molar-refractivity contribution in [1.29, 1.82) is 0 Å². The molecule has 0 atom stereocenters. The first-order chi connectivity index (χ1) is 9.02. The first-order valence-corrected chi connectivity index (χ1v) is 6.35. The Bertz CT molecular complexity index is 419. The second-order valence-corrected chi connectivity index (χ2v) is 4.73. The van der Waals surface area contributed by atoms with Crippen LogP contribution in [0.4, 0.5) is 5.69 Å². The van der Waals surface area contributed by atoms with Crippen LogP contribution in [0.5, 0.6) is 5.75 Å². The molecule has 0 radical (unpaired) electrons. The van der Waals surface area contributed by atoms with Gasteiger partial charge in [-0.3, -0.25) is 4.79 Å². The molecule has 0 fully saturated rings. The molecule has 0 saturated heterocycles. The maximum absolute atomic E-state index is 11.6. The van der Waals surface area contributed by atoms with Gasteiger partial charge in [-0.2, -0.15) is 0 Å². The molecule has 0 saturated carbocycles. The van der Waals surface area contributed by atoms with E-state index in [1.54, 1.807) is 7.05 Å². The van der Waals surface area contributed by atoms with Crippen LogP contribution in [0.15, 0.2) is 18.2 Å². The minimum absolute atomic E-state index is 0.0798. The summed E-state index contributed by atoms with van der Waals surface area (Å²) in [4.78, 5) is 13.6. The van der Waals surface area contributed by atoms with Gasteiger partial charge in [0.25, 0.3) is 0 Å². The number of nitrogens with one attached hydrogen (secondary N) is 2. The minimum Gasteiger partial charge on any atom is -0.490 e. The molecule has 0 aliphatic rings. The molecule has 1 aromatic carbocycles. The smallest absolute Gasteiger partial charge is 0.238 e. The summed E-state index contributed by atoms with van der Waals surface area (Å²) < 4.78 is 5.73. The lowest BCUT2D eigenvalue weighted by Crippen LogP contribution is -2.25. The number of hydrogen-bond acceptors (Lipinski definition) is 4. The second-order valence-electron chi connectivity index (χ2n) is 4.73. The number of likely N-dealkylation sites (N-methyl/N-ethyl adjacent to an activating group) is 2. The second kappa shape index (κ2) is 7.76. The minimum atomic E-state index is -0.0798. The summed E-state index contributed by atoms with van der Waals surface area (Å²) in [6.45, 7) is 3.70. The maximum atomic E-state index is 11.6. The Hall–Kier alpha value is -1.59. The predicted octanol–water partition coefficient (Wildman–Crippen LogP) is 1.09. The third-order valence-corrected chi connectivity index (χ3v) is 2.54. The number of benzene rings is 1. The summed E-state index contributed by atoms with van der Waals surface area (Å²) in [5, 5.41) is 5.65. The molecule has 5 nitrogen and oxygen atoms in total. The van der Waals surface area contributed by atoms with Gasteiger partial charge in [0, 0.05) is 6.54 Å². The number of nitrogens with zero attached hydrogens (tertiary/aromatic N) is 1. The Morgan fingerprint density at radius 1 is 1.37 bits per heavy atom. The van der Waals surface area contributed by atoms with E-state index in [4.69, 9.17) is 4.74 Å². The van der Waals surface area contributed by atoms with Crippen molar-refractivity contribution in [2.75, 3.05) is 46.2 Å². The highest BCUT2D eigenvalue weighted by molar-refractivity contribution is 5.93. The Balaban J connectivity index is 2.70. The summed E-state index contributed by atoms with van der Waals surface area (Å²) in [6.07, 6.45) is 0. The molecule has 0 aliphatic heterocycles. The topological polar surface area (TPSA) is 53.6 Å². The Morgan fingerprint density at radius 3 is 2.74 bits per heavy atom. The summed E-state index contributed by atoms with van der Waals surface area (Å²) in [7, 11) is 5.73. The van der Waals surface area contributed by atoms with Crippen LogP contribution in [0.1, 0.15) is 5.56 Å². The zero-order valence-electron chi connectivity index (χ0n) is 12.1. The van der Waals surface area contributed by atoms with E-state index in [1.165, 1.54) is 0 Å². The largest absolute Gasteiger partial charge is 0.490 e. The molecule has 1 aromatic rings. The lowest BCUT2D eigenvalue weighted by Gasteiger charge is -2.15. The van der Waals surface area contributed by atoms with Gasteiger partial charge < -0.3 is 20.3 Å². The van der Waals surface area contributed by atoms with Crippen LogP contribution in [0, 0.1) is 6.92 Å². The molecule has 0 aromatic heterocycles. The van der Waals surface area contributed by atoms with E-state index in [1.807, 2.05) is 39.2 Å². The van der Waals surface area contributed by atoms with Crippen LogP contribution in [-0.4, -0.2) is 51.6 Å². The Labute approximate surface area is 114 Å². The Morgan fingerprint density at radius 2 is 2.11 bits per heavy atom. The van der Waals surface area contributed by atoms with Gasteiger partial charge in [-0.05, 0) is 45.8 Å². The fourth-order valence-electron chi connectivity index (χ4n) is 1.55. The van der Waals surface area contributed by atoms with Gasteiger partial charge in [0.05, 0.1) is 12.2 Å². The van der Waals surface area contributed by atoms with E-state index in [-0.39, 0.29) is 12.5 Å². The molecule has 1 rings (SSSR count). The van der Waals surface area contributed by atoms with Gasteiger partial charge in [0.1, 0.15) is 12.4 Å². The predicted molar refractivity (Wildman–Crippen MR) is 77.8 cm³/mol. The van der Waals surface area contributed by atoms with Crippen LogP contribution < -0.4 is 15.4 Å². The van der Waals surface area contributed by atoms with Crippen LogP contribution in [0.2, 0.25) is 0 Å². The van der Waals surface area contributed by atoms with Crippen molar-refractivity contribution in [2.24, 2.45) is 0 Å². The van der Waals surface area contributed by atoms with E-state index in [2.05, 4.69) is 15.5 Å². The van der Waals surface area contributed by atoms with E-state index in [0.29, 0.717) is 18.0 Å². The lowest BCUT2D eigenvalue weighted by molar-refractivity contribution is -0.115. The number of hydrogen-bond donors (Lipinski definition) is 2. The first kappa shape index (κ1) is 15.5. The summed E-state index contributed by atoms with van der Waals surface area (Å²) >= 11 is 0. The van der Waals surface area contributed by atoms with E-state index < -0.39 is 0 Å². The zero-order chi connectivity index (χ0) is 14.3. The molecule has 5 heteroatoms. The van der Waals surface area contributed by atoms with Crippen molar-refractivity contribution in [3.05, 3.63) is 23.8 Å². The molecule has 0 aliphatic carbocycles. The first-order valence-electron chi connectivity index (χ1n) is 6.35. The number of ether oxygens (including phenoxy) is 1. The van der Waals surface area contributed by atoms with Crippen molar-refractivity contribution in [1.82, 2.24) is 10.2 Å². The van der Waals surface area contributed by atoms with Crippen molar-refractivity contribution in [2.45, 2.75) is 6.92 Å². The maximum Gasteiger partial charge on any atom is 0.238 e. The molecule has 0 heterocycles. The summed E-state index contributed by atoms with van der Waals surface area (Å²) in [6, 6.07) is 5.76. The molecular formula is C14H23N3O2. The lowest BCUT2D eigenvalue weighted by atomic mass is 10.2. The van der Waals surface area contributed by atoms with E-state index in [0.717, 1.165) is 12.1 Å². The van der Waals surface area contributed by atoms with E-state index >= 15 is 0 Å². The van der Waals surface area contributed by atoms with Crippen molar-refractivity contribution < 1.29 is 9.53 Å². The molecule has 0 spiro atoms. The fraction of sp³-hybridized carbons (Fsp3) is 0.500. The van der Waals surface area contributed by atoms with Crippen molar-refractivity contribution in [3.8, 4) is 5.75 Å². The average molecular weight is 265 g/mol. The van der Waals surface area contributed by atoms with Crippen LogP contribution in [0.3, 0.4) is 0 Å². The van der Waals surface area contributed by atoms with Crippen molar-refractivity contribution >= 4 is 11.6 Å². The molecule has 0 bridgehead atoms. The van der Waals surface area contributed by atoms with Gasteiger partial charge in [-0.25, -0.2) is 0 Å². The number of carbonyl (C=O) groups excluding carboxylic acids is 1. The fourth-order valence-corrected chi connectivity index (χ4v) is 1.55. The third kappa shape index (κ3) is 5.72. The highest BCUT2D eigenvalue weighted by Crippen LogP contribution is 2.25. The summed E-state index contributed by atoms with van der Waals surface area (Å²) in [5.41, 5.74) is 1.82. The van der Waals surface area contributed by atoms with Gasteiger partial charge in [0.2, 0.25) is 5.91 Å². The third-order valence-electron chi connectivity index (χ3n) is 2.54. The van der Waals surface area contributed by atoms with E-state index in [9.17, 15) is 4.79 Å². The van der Waals surface area contributed by atoms with Crippen LogP contribution >= 0.6 is 0 Å². The van der Waals surface area contributed by atoms with Gasteiger partial charge >= 0.3 is 0 Å². The van der Waals surface area contributed by atoms with Gasteiger partial charge in [-0.1, -0.05) is 6.07 Å². The standard InChI is InChI=1S/C14H23N3O2/c1-11-5-6-12(16-14(18)10-15-2)13(9-11)19-8-7-17(3)4/h5-6,9,15H,7-8,10H2,1-4H3,(H,16,18). The number of carbonyl (C=O) groups is 1. The monoisotopic (exact) mass is 265 g/mol. The molecule has 106 valence electrons. The normalized spacial score (nSPS) is 10.6. The summed E-state index contributed by atoms with van der Waals surface area (Å²) in [5.74, 6) is 0.634. The molecule has 19 heavy (non-hydrogen) atoms. The molecule has 1 amide bonds. The quantitative estimate of drug-likeness (QED) is 0.775. The average Bonchev–Trinajstić information content (AvgIpc) is 2.32. The van der Waals surface area contributed by atoms with Crippen molar-refractivity contribution in [3.63, 3.8) is 0 Å². The SMILES string of the molecule is CNCC(=O)Nc1ccc(C)cc1OCCN(C)C. The number of amides is 1. The van der Waals surface area contributed by atoms with Crippen LogP contribution in [-0.2, 0) is 4.79 Å². The molecule has 2 N–H and O–H groups in total. The van der Waals surface area contributed by atoms with Gasteiger partial charge in [0.15, 0.2) is 0 Å². The number of aryl methyl sites for hydroxylation is 1.